The first-order valence-electron chi connectivity index (χ1n) is 12.8. The van der Waals surface area contributed by atoms with E-state index < -0.39 is 18.4 Å². The molecule has 1 aliphatic carbocycles. The van der Waals surface area contributed by atoms with Gasteiger partial charge in [-0.05, 0) is 55.7 Å². The highest BCUT2D eigenvalue weighted by molar-refractivity contribution is 5.96. The first kappa shape index (κ1) is 24.9. The van der Waals surface area contributed by atoms with Gasteiger partial charge in [0.2, 0.25) is 0 Å². The average Bonchev–Trinajstić information content (AvgIpc) is 2.86. The Morgan fingerprint density at radius 3 is 2.29 bits per heavy atom. The van der Waals surface area contributed by atoms with E-state index in [0.717, 1.165) is 31.8 Å². The molecule has 0 bridgehead atoms. The monoisotopic (exact) mass is 480 g/mol. The molecule has 3 N–H and O–H groups in total. The molecule has 0 spiro atoms. The van der Waals surface area contributed by atoms with Gasteiger partial charge in [-0.1, -0.05) is 44.2 Å². The molecule has 2 aliphatic rings. The highest BCUT2D eigenvalue weighted by Gasteiger charge is 2.24. The second-order valence-electron chi connectivity index (χ2n) is 10.0. The molecule has 0 radical (unpaired) electrons. The second kappa shape index (κ2) is 11.5. The zero-order chi connectivity index (χ0) is 24.8. The molecule has 8 heteroatoms. The lowest BCUT2D eigenvalue weighted by molar-refractivity contribution is -0.135. The van der Waals surface area contributed by atoms with Gasteiger partial charge in [0, 0.05) is 25.2 Å². The highest BCUT2D eigenvalue weighted by Crippen LogP contribution is 2.29. The topological polar surface area (TPSA) is 116 Å². The van der Waals surface area contributed by atoms with Crippen LogP contribution in [0.1, 0.15) is 72.5 Å². The summed E-state index contributed by atoms with van der Waals surface area (Å²) >= 11 is 0. The van der Waals surface area contributed by atoms with E-state index in [2.05, 4.69) is 44.5 Å². The highest BCUT2D eigenvalue weighted by atomic mass is 16.4. The van der Waals surface area contributed by atoms with E-state index in [1.807, 2.05) is 0 Å². The van der Waals surface area contributed by atoms with Crippen LogP contribution in [0.3, 0.4) is 0 Å². The van der Waals surface area contributed by atoms with Crippen LogP contribution in [-0.2, 0) is 17.6 Å². The third-order valence-corrected chi connectivity index (χ3v) is 7.36. The largest absolute Gasteiger partial charge is 0.504 e. The Hall–Kier alpha value is -3.16. The minimum Gasteiger partial charge on any atom is -0.504 e. The number of carbonyl (C=O) groups excluding carboxylic acids is 1. The van der Waals surface area contributed by atoms with Crippen molar-refractivity contribution in [2.75, 3.05) is 24.5 Å². The molecular weight excluding hydrogens is 444 g/mol. The van der Waals surface area contributed by atoms with Crippen LogP contribution in [0.4, 0.5) is 5.69 Å². The molecule has 2 aromatic rings. The summed E-state index contributed by atoms with van der Waals surface area (Å²) in [6.45, 7) is 3.00. The molecule has 1 saturated carbocycles. The van der Waals surface area contributed by atoms with Crippen molar-refractivity contribution in [2.45, 2.75) is 64.7 Å². The van der Waals surface area contributed by atoms with Crippen LogP contribution in [0.5, 0.6) is 5.75 Å². The molecule has 1 amide bonds. The van der Waals surface area contributed by atoms with Gasteiger partial charge in [0.15, 0.2) is 11.4 Å². The number of amides is 1. The number of nitrogens with zero attached hydrogens (tertiary/aromatic N) is 3. The first-order valence-corrected chi connectivity index (χ1v) is 12.8. The summed E-state index contributed by atoms with van der Waals surface area (Å²) in [6, 6.07) is 9.10. The lowest BCUT2D eigenvalue weighted by Gasteiger charge is -2.33. The number of carboxylic acid groups (broad SMARTS) is 1. The number of aliphatic carboxylic acids is 1. The van der Waals surface area contributed by atoms with E-state index in [-0.39, 0.29) is 11.4 Å². The van der Waals surface area contributed by atoms with E-state index in [1.165, 1.54) is 49.8 Å². The summed E-state index contributed by atoms with van der Waals surface area (Å²) in [5.41, 5.74) is 2.87. The van der Waals surface area contributed by atoms with Gasteiger partial charge >= 0.3 is 5.97 Å². The molecule has 4 rings (SSSR count). The lowest BCUT2D eigenvalue weighted by Crippen LogP contribution is -2.34. The van der Waals surface area contributed by atoms with Crippen molar-refractivity contribution in [2.24, 2.45) is 11.8 Å². The van der Waals surface area contributed by atoms with Gasteiger partial charge in [0.25, 0.3) is 5.91 Å². The number of carbonyl (C=O) groups is 2. The van der Waals surface area contributed by atoms with Crippen molar-refractivity contribution in [1.82, 2.24) is 15.3 Å². The summed E-state index contributed by atoms with van der Waals surface area (Å²) in [5.74, 6) is -0.437. The predicted octanol–water partition coefficient (Wildman–Crippen LogP) is 3.89. The summed E-state index contributed by atoms with van der Waals surface area (Å²) in [4.78, 5) is 34.1. The van der Waals surface area contributed by atoms with Gasteiger partial charge in [-0.2, -0.15) is 0 Å². The molecular formula is C27H36N4O4. The molecule has 1 saturated heterocycles. The van der Waals surface area contributed by atoms with E-state index in [9.17, 15) is 14.7 Å². The number of aryl methyl sites for hydroxylation is 1. The summed E-state index contributed by atoms with van der Waals surface area (Å²) < 4.78 is 0. The number of aromatic nitrogens is 2. The van der Waals surface area contributed by atoms with Gasteiger partial charge in [-0.25, -0.2) is 9.97 Å². The van der Waals surface area contributed by atoms with Gasteiger partial charge < -0.3 is 20.4 Å². The summed E-state index contributed by atoms with van der Waals surface area (Å²) in [7, 11) is 0. The van der Waals surface area contributed by atoms with Crippen molar-refractivity contribution >= 4 is 17.6 Å². The van der Waals surface area contributed by atoms with E-state index in [1.54, 1.807) is 6.92 Å². The van der Waals surface area contributed by atoms with Crippen LogP contribution < -0.4 is 10.2 Å². The predicted molar refractivity (Wildman–Crippen MR) is 134 cm³/mol. The number of piperidine rings is 1. The van der Waals surface area contributed by atoms with Gasteiger partial charge in [0.1, 0.15) is 12.4 Å². The van der Waals surface area contributed by atoms with Crippen molar-refractivity contribution in [3.8, 4) is 5.75 Å². The van der Waals surface area contributed by atoms with Crippen molar-refractivity contribution in [3.05, 3.63) is 47.0 Å². The van der Waals surface area contributed by atoms with Gasteiger partial charge in [-0.3, -0.25) is 9.59 Å². The Balaban J connectivity index is 1.31. The maximum absolute atomic E-state index is 12.3. The summed E-state index contributed by atoms with van der Waals surface area (Å²) in [5, 5.41) is 21.2. The third kappa shape index (κ3) is 6.71. The minimum absolute atomic E-state index is 0.167. The molecule has 1 aliphatic heterocycles. The maximum Gasteiger partial charge on any atom is 0.322 e. The number of benzene rings is 1. The smallest absolute Gasteiger partial charge is 0.322 e. The van der Waals surface area contributed by atoms with Crippen LogP contribution in [0, 0.1) is 18.8 Å². The first-order chi connectivity index (χ1) is 16.9. The van der Waals surface area contributed by atoms with Crippen molar-refractivity contribution < 1.29 is 19.8 Å². The normalized spacial score (nSPS) is 17.3. The molecule has 2 heterocycles. The quantitative estimate of drug-likeness (QED) is 0.525. The molecule has 0 atom stereocenters. The maximum atomic E-state index is 12.3. The Labute approximate surface area is 206 Å². The van der Waals surface area contributed by atoms with Crippen LogP contribution in [0.2, 0.25) is 0 Å². The van der Waals surface area contributed by atoms with E-state index in [4.69, 9.17) is 5.11 Å². The average molecular weight is 481 g/mol. The number of hydrogen-bond donors (Lipinski definition) is 3. The Morgan fingerprint density at radius 2 is 1.63 bits per heavy atom. The minimum atomic E-state index is -1.16. The van der Waals surface area contributed by atoms with Crippen LogP contribution in [0.25, 0.3) is 0 Å². The molecule has 0 unspecified atom stereocenters. The lowest BCUT2D eigenvalue weighted by atomic mass is 9.85. The number of carboxylic acids is 1. The number of hydrogen-bond acceptors (Lipinski definition) is 6. The van der Waals surface area contributed by atoms with E-state index in [0.29, 0.717) is 23.9 Å². The molecule has 1 aromatic carbocycles. The third-order valence-electron chi connectivity index (χ3n) is 7.36. The SMILES string of the molecule is Cc1nc(CC2CCN(c3ccc(CC4CCCCC4)cc3)CC2)nc(C(=O)NCC(=O)O)c1O. The van der Waals surface area contributed by atoms with E-state index >= 15 is 0 Å². The van der Waals surface area contributed by atoms with Crippen molar-refractivity contribution in [1.29, 1.82) is 0 Å². The van der Waals surface area contributed by atoms with Crippen LogP contribution >= 0.6 is 0 Å². The Kier molecular flexibility index (Phi) is 8.21. The van der Waals surface area contributed by atoms with Crippen LogP contribution in [0.15, 0.2) is 24.3 Å². The Morgan fingerprint density at radius 1 is 0.971 bits per heavy atom. The molecule has 2 fully saturated rings. The number of rotatable bonds is 8. The zero-order valence-electron chi connectivity index (χ0n) is 20.5. The van der Waals surface area contributed by atoms with Gasteiger partial charge in [0.05, 0.1) is 5.69 Å². The van der Waals surface area contributed by atoms with Crippen LogP contribution in [-0.4, -0.2) is 51.7 Å². The molecule has 1 aromatic heterocycles. The fourth-order valence-electron chi connectivity index (χ4n) is 5.34. The Bertz CT molecular complexity index is 1030. The molecule has 35 heavy (non-hydrogen) atoms. The van der Waals surface area contributed by atoms with Gasteiger partial charge in [-0.15, -0.1) is 0 Å². The zero-order valence-corrected chi connectivity index (χ0v) is 20.5. The number of nitrogens with one attached hydrogen (secondary N) is 1. The standard InChI is InChI=1S/C27H36N4O4/c1-18-26(34)25(27(35)28-17-24(32)33)30-23(29-18)16-21-11-13-31(14-12-21)22-9-7-20(8-10-22)15-19-5-3-2-4-6-19/h7-10,19,21,34H,2-6,11-17H2,1H3,(H,28,35)(H,32,33). The summed E-state index contributed by atoms with van der Waals surface area (Å²) in [6.07, 6.45) is 10.7. The fourth-order valence-corrected chi connectivity index (χ4v) is 5.34. The fraction of sp³-hybridized carbons (Fsp3) is 0.556. The van der Waals surface area contributed by atoms with Crippen molar-refractivity contribution in [3.63, 3.8) is 0 Å². The molecule has 8 nitrogen and oxygen atoms in total. The second-order valence-corrected chi connectivity index (χ2v) is 10.0. The number of anilines is 1. The molecule has 188 valence electrons. The number of aromatic hydroxyl groups is 1.